The SMILES string of the molecule is CC(C)N(C(C)C)P(=O)(C#N)OC1(C)CCCCC1. The maximum atomic E-state index is 13.0. The molecule has 5 heteroatoms. The molecular weight excluding hydrogens is 259 g/mol. The molecule has 0 aliphatic heterocycles. The molecule has 0 radical (unpaired) electrons. The van der Waals surface area contributed by atoms with Crippen LogP contribution in [0.25, 0.3) is 0 Å². The zero-order valence-corrected chi connectivity index (χ0v) is 13.7. The zero-order valence-electron chi connectivity index (χ0n) is 12.8. The van der Waals surface area contributed by atoms with Gasteiger partial charge in [-0.05, 0) is 47.5 Å². The van der Waals surface area contributed by atoms with Crippen molar-refractivity contribution in [2.45, 2.75) is 84.4 Å². The summed E-state index contributed by atoms with van der Waals surface area (Å²) in [6.45, 7) is 9.81. The fourth-order valence-electron chi connectivity index (χ4n) is 3.01. The lowest BCUT2D eigenvalue weighted by molar-refractivity contribution is 0.0393. The van der Waals surface area contributed by atoms with Crippen LogP contribution in [0.4, 0.5) is 0 Å². The standard InChI is InChI=1S/C14H27N2O2P/c1-12(2)16(13(3)4)19(17,11-15)18-14(5)9-7-6-8-10-14/h12-13H,6-10H2,1-5H3. The van der Waals surface area contributed by atoms with E-state index in [9.17, 15) is 9.83 Å². The predicted octanol–water partition coefficient (Wildman–Crippen LogP) is 4.52. The second kappa shape index (κ2) is 6.39. The summed E-state index contributed by atoms with van der Waals surface area (Å²) in [5.74, 6) is 1.97. The van der Waals surface area contributed by atoms with Crippen LogP contribution in [0.1, 0.15) is 66.7 Å². The Morgan fingerprint density at radius 1 is 1.16 bits per heavy atom. The van der Waals surface area contributed by atoms with Gasteiger partial charge >= 0.3 is 7.52 Å². The van der Waals surface area contributed by atoms with Gasteiger partial charge in [0.1, 0.15) is 0 Å². The fraction of sp³-hybridized carbons (Fsp3) is 0.929. The molecule has 0 amide bonds. The lowest BCUT2D eigenvalue weighted by Crippen LogP contribution is -2.38. The highest BCUT2D eigenvalue weighted by molar-refractivity contribution is 7.61. The lowest BCUT2D eigenvalue weighted by Gasteiger charge is -2.40. The smallest absolute Gasteiger partial charge is 0.301 e. The second-order valence-electron chi connectivity index (χ2n) is 6.29. The van der Waals surface area contributed by atoms with Gasteiger partial charge in [-0.25, -0.2) is 4.67 Å². The minimum atomic E-state index is -3.42. The first-order chi connectivity index (χ1) is 8.74. The van der Waals surface area contributed by atoms with Crippen LogP contribution in [0.3, 0.4) is 0 Å². The monoisotopic (exact) mass is 286 g/mol. The van der Waals surface area contributed by atoms with E-state index in [2.05, 4.69) is 0 Å². The Hall–Kier alpha value is -0.360. The third-order valence-electron chi connectivity index (χ3n) is 3.74. The van der Waals surface area contributed by atoms with E-state index in [1.165, 1.54) is 6.42 Å². The van der Waals surface area contributed by atoms with Crippen LogP contribution in [0.5, 0.6) is 0 Å². The van der Waals surface area contributed by atoms with E-state index < -0.39 is 13.1 Å². The molecule has 0 aromatic heterocycles. The number of nitriles is 1. The van der Waals surface area contributed by atoms with Crippen molar-refractivity contribution < 1.29 is 9.09 Å². The average molecular weight is 286 g/mol. The van der Waals surface area contributed by atoms with Crippen molar-refractivity contribution in [2.24, 2.45) is 0 Å². The van der Waals surface area contributed by atoms with Gasteiger partial charge in [0.2, 0.25) is 0 Å². The number of nitrogens with zero attached hydrogens (tertiary/aromatic N) is 2. The van der Waals surface area contributed by atoms with Gasteiger partial charge in [-0.2, -0.15) is 5.26 Å². The molecule has 0 N–H and O–H groups in total. The van der Waals surface area contributed by atoms with E-state index in [1.807, 2.05) is 40.4 Å². The van der Waals surface area contributed by atoms with Crippen molar-refractivity contribution in [2.75, 3.05) is 0 Å². The summed E-state index contributed by atoms with van der Waals surface area (Å²) >= 11 is 0. The van der Waals surface area contributed by atoms with Gasteiger partial charge in [0.25, 0.3) is 0 Å². The van der Waals surface area contributed by atoms with E-state index in [1.54, 1.807) is 4.67 Å². The summed E-state index contributed by atoms with van der Waals surface area (Å²) in [7, 11) is -3.42. The molecule has 1 unspecified atom stereocenters. The lowest BCUT2D eigenvalue weighted by atomic mass is 9.87. The molecule has 1 saturated carbocycles. The minimum absolute atomic E-state index is 0.0256. The van der Waals surface area contributed by atoms with Crippen LogP contribution in [0.2, 0.25) is 0 Å². The quantitative estimate of drug-likeness (QED) is 0.697. The Labute approximate surface area is 117 Å². The van der Waals surface area contributed by atoms with Crippen LogP contribution >= 0.6 is 7.52 Å². The normalized spacial score (nSPS) is 22.5. The van der Waals surface area contributed by atoms with Crippen LogP contribution < -0.4 is 0 Å². The molecule has 0 spiro atoms. The van der Waals surface area contributed by atoms with E-state index in [0.717, 1.165) is 25.7 Å². The van der Waals surface area contributed by atoms with Gasteiger partial charge in [-0.1, -0.05) is 19.3 Å². The molecule has 1 rings (SSSR count). The Morgan fingerprint density at radius 2 is 1.63 bits per heavy atom. The first-order valence-corrected chi connectivity index (χ1v) is 8.83. The van der Waals surface area contributed by atoms with Crippen molar-refractivity contribution in [1.29, 1.82) is 5.26 Å². The first-order valence-electron chi connectivity index (χ1n) is 7.25. The Morgan fingerprint density at radius 3 is 2.00 bits per heavy atom. The predicted molar refractivity (Wildman–Crippen MR) is 77.9 cm³/mol. The summed E-state index contributed by atoms with van der Waals surface area (Å²) in [6, 6.07) is 0.0512. The topological polar surface area (TPSA) is 53.3 Å². The van der Waals surface area contributed by atoms with Gasteiger partial charge in [-0.15, -0.1) is 0 Å². The summed E-state index contributed by atoms with van der Waals surface area (Å²) in [5.41, 5.74) is -0.411. The Kier molecular flexibility index (Phi) is 5.62. The Bertz CT molecular complexity index is 373. The molecule has 1 fully saturated rings. The van der Waals surface area contributed by atoms with Gasteiger partial charge in [0.15, 0.2) is 5.81 Å². The van der Waals surface area contributed by atoms with Gasteiger partial charge in [-0.3, -0.25) is 4.57 Å². The van der Waals surface area contributed by atoms with Crippen molar-refractivity contribution in [3.8, 4) is 5.81 Å². The molecule has 0 heterocycles. The number of hydrogen-bond donors (Lipinski definition) is 0. The highest BCUT2D eigenvalue weighted by Gasteiger charge is 2.43. The van der Waals surface area contributed by atoms with Crippen molar-refractivity contribution in [3.05, 3.63) is 0 Å². The van der Waals surface area contributed by atoms with Crippen LogP contribution in [0.15, 0.2) is 0 Å². The maximum Gasteiger partial charge on any atom is 0.372 e. The van der Waals surface area contributed by atoms with Crippen molar-refractivity contribution in [1.82, 2.24) is 4.67 Å². The molecule has 110 valence electrons. The van der Waals surface area contributed by atoms with E-state index in [-0.39, 0.29) is 12.1 Å². The summed E-state index contributed by atoms with van der Waals surface area (Å²) in [5, 5.41) is 9.42. The van der Waals surface area contributed by atoms with Crippen molar-refractivity contribution in [3.63, 3.8) is 0 Å². The molecule has 0 bridgehead atoms. The summed E-state index contributed by atoms with van der Waals surface area (Å²) in [6.07, 6.45) is 5.16. The summed E-state index contributed by atoms with van der Waals surface area (Å²) in [4.78, 5) is 0. The Balaban J connectivity index is 2.97. The number of hydrogen-bond acceptors (Lipinski definition) is 3. The molecule has 0 aromatic rings. The van der Waals surface area contributed by atoms with E-state index in [0.29, 0.717) is 0 Å². The van der Waals surface area contributed by atoms with Crippen LogP contribution in [-0.4, -0.2) is 22.4 Å². The maximum absolute atomic E-state index is 13.0. The van der Waals surface area contributed by atoms with Crippen LogP contribution in [-0.2, 0) is 9.09 Å². The minimum Gasteiger partial charge on any atom is -0.301 e. The van der Waals surface area contributed by atoms with E-state index >= 15 is 0 Å². The van der Waals surface area contributed by atoms with Crippen LogP contribution in [0, 0.1) is 11.1 Å². The fourth-order valence-corrected chi connectivity index (χ4v) is 5.25. The largest absolute Gasteiger partial charge is 0.372 e. The highest BCUT2D eigenvalue weighted by Crippen LogP contribution is 2.57. The summed E-state index contributed by atoms with van der Waals surface area (Å²) < 4.78 is 20.6. The van der Waals surface area contributed by atoms with Gasteiger partial charge in [0.05, 0.1) is 5.60 Å². The molecule has 4 nitrogen and oxygen atoms in total. The third kappa shape index (κ3) is 4.05. The van der Waals surface area contributed by atoms with E-state index in [4.69, 9.17) is 4.52 Å². The molecular formula is C14H27N2O2P. The molecule has 1 aliphatic rings. The van der Waals surface area contributed by atoms with Gasteiger partial charge < -0.3 is 4.52 Å². The van der Waals surface area contributed by atoms with Crippen molar-refractivity contribution >= 4 is 7.52 Å². The molecule has 1 atom stereocenters. The highest BCUT2D eigenvalue weighted by atomic mass is 31.2. The van der Waals surface area contributed by atoms with Gasteiger partial charge in [0, 0.05) is 12.1 Å². The third-order valence-corrected chi connectivity index (χ3v) is 6.22. The first kappa shape index (κ1) is 16.7. The average Bonchev–Trinajstić information content (AvgIpc) is 2.27. The number of rotatable bonds is 5. The molecule has 1 aliphatic carbocycles. The molecule has 0 aromatic carbocycles. The molecule has 0 saturated heterocycles. The molecule has 19 heavy (non-hydrogen) atoms. The second-order valence-corrected chi connectivity index (χ2v) is 8.18. The zero-order chi connectivity index (χ0) is 14.7.